The summed E-state index contributed by atoms with van der Waals surface area (Å²) >= 11 is 0. The highest BCUT2D eigenvalue weighted by atomic mass is 32.2. The van der Waals surface area contributed by atoms with Crippen molar-refractivity contribution in [3.8, 4) is 0 Å². The lowest BCUT2D eigenvalue weighted by atomic mass is 9.78. The Morgan fingerprint density at radius 2 is 2.04 bits per heavy atom. The Balaban J connectivity index is 1.55. The topological polar surface area (TPSA) is 115 Å². The number of hydrogen-bond donors (Lipinski definition) is 2. The standard InChI is InChI=1S/C19H21N3O4S/c20-27(25,26)18-10-15(22(23)24)7-8-17(18)21-12-14-11-19(14)9-3-5-13-4-1-2-6-16(13)19/h1-2,4,6-8,10,14,21H,3,5,9,11-12H2,(H2,20,25,26). The molecule has 1 fully saturated rings. The van der Waals surface area contributed by atoms with Gasteiger partial charge in [-0.1, -0.05) is 24.3 Å². The number of nitrogens with one attached hydrogen (secondary N) is 1. The first-order chi connectivity index (χ1) is 12.8. The molecule has 4 rings (SSSR count). The summed E-state index contributed by atoms with van der Waals surface area (Å²) in [5.74, 6) is 0.405. The minimum absolute atomic E-state index is 0.171. The maximum atomic E-state index is 11.9. The number of hydrogen-bond acceptors (Lipinski definition) is 5. The molecule has 8 heteroatoms. The fourth-order valence-electron chi connectivity index (χ4n) is 4.48. The molecule has 0 aromatic heterocycles. The molecule has 0 bridgehead atoms. The molecule has 2 aliphatic rings. The second-order valence-corrected chi connectivity index (χ2v) is 8.96. The van der Waals surface area contributed by atoms with Crippen molar-refractivity contribution in [3.63, 3.8) is 0 Å². The summed E-state index contributed by atoms with van der Waals surface area (Å²) in [6, 6.07) is 12.3. The molecule has 0 amide bonds. The number of nitrogens with zero attached hydrogens (tertiary/aromatic N) is 1. The zero-order valence-corrected chi connectivity index (χ0v) is 15.5. The van der Waals surface area contributed by atoms with Gasteiger partial charge in [-0.25, -0.2) is 13.6 Å². The average Bonchev–Trinajstić information content (AvgIpc) is 3.32. The summed E-state index contributed by atoms with van der Waals surface area (Å²) in [6.45, 7) is 0.606. The molecule has 27 heavy (non-hydrogen) atoms. The molecular formula is C19H21N3O4S. The molecule has 0 aliphatic heterocycles. The quantitative estimate of drug-likeness (QED) is 0.604. The van der Waals surface area contributed by atoms with Crippen LogP contribution in [-0.2, 0) is 21.9 Å². The van der Waals surface area contributed by atoms with Crippen LogP contribution < -0.4 is 10.5 Å². The first-order valence-electron chi connectivity index (χ1n) is 8.95. The van der Waals surface area contributed by atoms with Crippen molar-refractivity contribution in [1.82, 2.24) is 0 Å². The number of primary sulfonamides is 1. The number of nitrogens with two attached hydrogens (primary N) is 1. The highest BCUT2D eigenvalue weighted by molar-refractivity contribution is 7.89. The lowest BCUT2D eigenvalue weighted by Gasteiger charge is -2.27. The van der Waals surface area contributed by atoms with Crippen LogP contribution in [0.5, 0.6) is 0 Å². The van der Waals surface area contributed by atoms with Crippen LogP contribution in [0, 0.1) is 16.0 Å². The second-order valence-electron chi connectivity index (χ2n) is 7.43. The summed E-state index contributed by atoms with van der Waals surface area (Å²) in [5, 5.41) is 19.4. The number of rotatable bonds is 5. The van der Waals surface area contributed by atoms with E-state index in [1.807, 2.05) is 0 Å². The summed E-state index contributed by atoms with van der Waals surface area (Å²) in [5.41, 5.74) is 3.01. The van der Waals surface area contributed by atoms with Crippen LogP contribution in [0.3, 0.4) is 0 Å². The Hall–Kier alpha value is -2.45. The van der Waals surface area contributed by atoms with E-state index in [1.165, 1.54) is 23.3 Å². The summed E-state index contributed by atoms with van der Waals surface area (Å²) in [7, 11) is -4.07. The van der Waals surface area contributed by atoms with Crippen molar-refractivity contribution in [3.05, 3.63) is 63.7 Å². The van der Waals surface area contributed by atoms with Gasteiger partial charge in [0.05, 0.1) is 10.6 Å². The number of fused-ring (bicyclic) bond motifs is 2. The van der Waals surface area contributed by atoms with Crippen molar-refractivity contribution in [2.24, 2.45) is 11.1 Å². The molecule has 142 valence electrons. The lowest BCUT2D eigenvalue weighted by molar-refractivity contribution is -0.385. The number of anilines is 1. The van der Waals surface area contributed by atoms with Gasteiger partial charge in [0.25, 0.3) is 5.69 Å². The first-order valence-corrected chi connectivity index (χ1v) is 10.5. The molecule has 0 saturated heterocycles. The normalized spacial score (nSPS) is 23.7. The third kappa shape index (κ3) is 3.19. The van der Waals surface area contributed by atoms with Gasteiger partial charge in [-0.05, 0) is 48.8 Å². The lowest BCUT2D eigenvalue weighted by Crippen LogP contribution is -2.22. The molecule has 7 nitrogen and oxygen atoms in total. The molecule has 2 unspecified atom stereocenters. The monoisotopic (exact) mass is 387 g/mol. The predicted octanol–water partition coefficient (Wildman–Crippen LogP) is 2.95. The molecule has 0 heterocycles. The summed E-state index contributed by atoms with van der Waals surface area (Å²) in [4.78, 5) is 10.1. The van der Waals surface area contributed by atoms with Crippen molar-refractivity contribution >= 4 is 21.4 Å². The highest BCUT2D eigenvalue weighted by Crippen LogP contribution is 2.60. The summed E-state index contributed by atoms with van der Waals surface area (Å²) < 4.78 is 23.7. The fraction of sp³-hybridized carbons (Fsp3) is 0.368. The van der Waals surface area contributed by atoms with Gasteiger partial charge in [0.2, 0.25) is 10.0 Å². The molecule has 1 saturated carbocycles. The Labute approximate surface area is 157 Å². The second kappa shape index (κ2) is 6.31. The molecule has 0 radical (unpaired) electrons. The number of sulfonamides is 1. The van der Waals surface area contributed by atoms with E-state index in [1.54, 1.807) is 0 Å². The SMILES string of the molecule is NS(=O)(=O)c1cc([N+](=O)[O-])ccc1NCC1CC12CCCc1ccccc12. The van der Waals surface area contributed by atoms with Crippen LogP contribution in [0.25, 0.3) is 0 Å². The van der Waals surface area contributed by atoms with E-state index in [0.717, 1.165) is 31.7 Å². The Kier molecular flexibility index (Phi) is 4.20. The zero-order valence-electron chi connectivity index (χ0n) is 14.7. The fourth-order valence-corrected chi connectivity index (χ4v) is 5.21. The van der Waals surface area contributed by atoms with E-state index in [9.17, 15) is 18.5 Å². The van der Waals surface area contributed by atoms with Crippen LogP contribution in [0.4, 0.5) is 11.4 Å². The van der Waals surface area contributed by atoms with Gasteiger partial charge in [0, 0.05) is 24.1 Å². The Morgan fingerprint density at radius 1 is 1.26 bits per heavy atom. The minimum atomic E-state index is -4.07. The summed E-state index contributed by atoms with van der Waals surface area (Å²) in [6.07, 6.45) is 4.47. The molecular weight excluding hydrogens is 366 g/mol. The molecule has 1 spiro atoms. The van der Waals surface area contributed by atoms with Gasteiger partial charge < -0.3 is 5.32 Å². The van der Waals surface area contributed by atoms with E-state index in [0.29, 0.717) is 18.2 Å². The average molecular weight is 387 g/mol. The Morgan fingerprint density at radius 3 is 2.78 bits per heavy atom. The number of non-ortho nitro benzene ring substituents is 1. The van der Waals surface area contributed by atoms with Crippen LogP contribution in [0.1, 0.15) is 30.4 Å². The maximum Gasteiger partial charge on any atom is 0.270 e. The van der Waals surface area contributed by atoms with Gasteiger partial charge in [-0.3, -0.25) is 10.1 Å². The molecule has 2 atom stereocenters. The Bertz CT molecular complexity index is 1020. The van der Waals surface area contributed by atoms with Crippen molar-refractivity contribution in [1.29, 1.82) is 0 Å². The molecule has 2 aliphatic carbocycles. The number of benzene rings is 2. The smallest absolute Gasteiger partial charge is 0.270 e. The largest absolute Gasteiger partial charge is 0.384 e. The van der Waals surface area contributed by atoms with Gasteiger partial charge in [0.1, 0.15) is 4.90 Å². The molecule has 3 N–H and O–H groups in total. The first kappa shape index (κ1) is 17.9. The van der Waals surface area contributed by atoms with E-state index in [2.05, 4.69) is 29.6 Å². The van der Waals surface area contributed by atoms with Crippen LogP contribution in [0.2, 0.25) is 0 Å². The van der Waals surface area contributed by atoms with E-state index >= 15 is 0 Å². The number of nitro benzene ring substituents is 1. The van der Waals surface area contributed by atoms with E-state index in [4.69, 9.17) is 5.14 Å². The highest BCUT2D eigenvalue weighted by Gasteiger charge is 2.56. The minimum Gasteiger partial charge on any atom is -0.384 e. The third-order valence-corrected chi connectivity index (χ3v) is 6.83. The van der Waals surface area contributed by atoms with Crippen molar-refractivity contribution < 1.29 is 13.3 Å². The third-order valence-electron chi connectivity index (χ3n) is 5.88. The maximum absolute atomic E-state index is 11.9. The zero-order chi connectivity index (χ0) is 19.2. The van der Waals surface area contributed by atoms with Crippen LogP contribution in [0.15, 0.2) is 47.4 Å². The van der Waals surface area contributed by atoms with Gasteiger partial charge in [0.15, 0.2) is 0 Å². The van der Waals surface area contributed by atoms with Gasteiger partial charge in [-0.2, -0.15) is 0 Å². The molecule has 2 aromatic rings. The van der Waals surface area contributed by atoms with Crippen molar-refractivity contribution in [2.75, 3.05) is 11.9 Å². The van der Waals surface area contributed by atoms with Gasteiger partial charge >= 0.3 is 0 Å². The van der Waals surface area contributed by atoms with Gasteiger partial charge in [-0.15, -0.1) is 0 Å². The van der Waals surface area contributed by atoms with Crippen LogP contribution in [-0.4, -0.2) is 19.9 Å². The van der Waals surface area contributed by atoms with E-state index in [-0.39, 0.29) is 16.0 Å². The van der Waals surface area contributed by atoms with Crippen molar-refractivity contribution in [2.45, 2.75) is 36.0 Å². The predicted molar refractivity (Wildman–Crippen MR) is 102 cm³/mol. The van der Waals surface area contributed by atoms with Crippen LogP contribution >= 0.6 is 0 Å². The van der Waals surface area contributed by atoms with E-state index < -0.39 is 14.9 Å². The number of aryl methyl sites for hydroxylation is 1. The molecule has 2 aromatic carbocycles. The number of nitro groups is 1.